The lowest BCUT2D eigenvalue weighted by atomic mass is 9.93. The highest BCUT2D eigenvalue weighted by Gasteiger charge is 2.27. The average Bonchev–Trinajstić information content (AvgIpc) is 3.37. The van der Waals surface area contributed by atoms with Gasteiger partial charge in [-0.05, 0) is 98.5 Å². The van der Waals surface area contributed by atoms with Crippen LogP contribution in [0.4, 0.5) is 17.1 Å². The number of para-hydroxylation sites is 2. The lowest BCUT2D eigenvalue weighted by molar-refractivity contribution is 0.444. The van der Waals surface area contributed by atoms with Crippen molar-refractivity contribution in [2.45, 2.75) is 80.9 Å². The van der Waals surface area contributed by atoms with E-state index in [0.29, 0.717) is 23.5 Å². The van der Waals surface area contributed by atoms with Crippen molar-refractivity contribution in [3.8, 4) is 22.5 Å². The fourth-order valence-electron chi connectivity index (χ4n) is 9.02. The average molecular weight is 959 g/mol. The molecular formula is C59H64N3O3S3+. The Hall–Kier alpha value is -5.58. The summed E-state index contributed by atoms with van der Waals surface area (Å²) >= 11 is 3.75. The molecule has 6 aromatic rings. The van der Waals surface area contributed by atoms with Crippen LogP contribution < -0.4 is 19.6 Å². The van der Waals surface area contributed by atoms with E-state index in [2.05, 4.69) is 187 Å². The molecule has 0 saturated carbocycles. The lowest BCUT2D eigenvalue weighted by Crippen LogP contribution is -2.29. The molecule has 1 heterocycles. The molecule has 0 fully saturated rings. The van der Waals surface area contributed by atoms with E-state index in [1.807, 2.05) is 41.7 Å². The van der Waals surface area contributed by atoms with Crippen LogP contribution in [0.5, 0.6) is 0 Å². The number of thioether (sulfide) groups is 2. The maximum atomic E-state index is 14.5. The van der Waals surface area contributed by atoms with Crippen LogP contribution in [0.2, 0.25) is 0 Å². The summed E-state index contributed by atoms with van der Waals surface area (Å²) in [6, 6.07) is 58.6. The molecule has 350 valence electrons. The number of benzene rings is 7. The van der Waals surface area contributed by atoms with Gasteiger partial charge in [0.25, 0.3) is 0 Å². The third-order valence-electron chi connectivity index (χ3n) is 12.8. The van der Waals surface area contributed by atoms with E-state index >= 15 is 0 Å². The number of sulfonamides is 1. The molecule has 6 aromatic carbocycles. The van der Waals surface area contributed by atoms with E-state index in [-0.39, 0.29) is 10.8 Å². The third-order valence-corrected chi connectivity index (χ3v) is 16.4. The summed E-state index contributed by atoms with van der Waals surface area (Å²) in [5, 5.41) is 1.86. The number of nitrogens with zero attached hydrogens (tertiary/aromatic N) is 2. The van der Waals surface area contributed by atoms with Crippen molar-refractivity contribution in [1.29, 1.82) is 0 Å². The fraction of sp³-hybridized carbons (Fsp3) is 0.271. The first-order valence-electron chi connectivity index (χ1n) is 24.2. The second kappa shape index (κ2) is 23.6. The molecule has 8 rings (SSSR count). The van der Waals surface area contributed by atoms with E-state index in [0.717, 1.165) is 102 Å². The summed E-state index contributed by atoms with van der Waals surface area (Å²) in [7, 11) is -3.90. The van der Waals surface area contributed by atoms with Gasteiger partial charge in [0.15, 0.2) is 0 Å². The van der Waals surface area contributed by atoms with Crippen LogP contribution in [0.25, 0.3) is 33.4 Å². The van der Waals surface area contributed by atoms with E-state index in [9.17, 15) is 8.42 Å². The molecule has 1 atom stereocenters. The molecule has 1 unspecified atom stereocenters. The van der Waals surface area contributed by atoms with Crippen LogP contribution in [0, 0.1) is 19.8 Å². The molecule has 1 N–H and O–H groups in total. The Labute approximate surface area is 413 Å². The number of fused-ring (bicyclic) bond motifs is 2. The van der Waals surface area contributed by atoms with Crippen LogP contribution >= 0.6 is 23.5 Å². The van der Waals surface area contributed by atoms with E-state index in [1.54, 1.807) is 6.07 Å². The molecule has 0 amide bonds. The van der Waals surface area contributed by atoms with Gasteiger partial charge in [0.05, 0.1) is 11.0 Å². The number of rotatable bonds is 22. The summed E-state index contributed by atoms with van der Waals surface area (Å²) in [5.41, 5.74) is 8.70. The Morgan fingerprint density at radius 2 is 1.32 bits per heavy atom. The summed E-state index contributed by atoms with van der Waals surface area (Å²) in [4.78, 5) is 5.20. The van der Waals surface area contributed by atoms with Crippen molar-refractivity contribution in [3.05, 3.63) is 186 Å². The number of hydrogen-bond donors (Lipinski definition) is 1. The van der Waals surface area contributed by atoms with Gasteiger partial charge in [0.2, 0.25) is 21.1 Å². The highest BCUT2D eigenvalue weighted by atomic mass is 32.2. The summed E-state index contributed by atoms with van der Waals surface area (Å²) in [6.45, 7) is 10.7. The Balaban J connectivity index is 1.28. The van der Waals surface area contributed by atoms with Gasteiger partial charge < -0.3 is 9.32 Å². The highest BCUT2D eigenvalue weighted by molar-refractivity contribution is 7.99. The fourth-order valence-corrected chi connectivity index (χ4v) is 12.1. The van der Waals surface area contributed by atoms with Gasteiger partial charge in [0, 0.05) is 92.3 Å². The molecule has 0 saturated heterocycles. The van der Waals surface area contributed by atoms with Crippen molar-refractivity contribution in [2.75, 3.05) is 36.0 Å². The standard InChI is InChI=1S/C59H64N3O3S3/c1-5-7-24-46(6-2)43-60-68(63,64)58-32-19-16-29-53(58)59-51-35-33-47(61(54-30-17-14-22-44(54)3)37-20-39-66-49-25-10-8-11-26-49)41-56(51)65-57-42-48(34-36-52(57)59)62(55-31-18-15-23-45(55)4)38-21-40-67-50-27-12-9-13-28-50/h8-19,22-23,25-36,41-42,46,60H,5-7,20-21,24,37-40,43H2,1-4H3/q+1. The van der Waals surface area contributed by atoms with Gasteiger partial charge in [-0.2, -0.15) is 4.58 Å². The number of anilines is 2. The smallest absolute Gasteiger partial charge is 0.241 e. The van der Waals surface area contributed by atoms with E-state index < -0.39 is 10.0 Å². The quantitative estimate of drug-likeness (QED) is 0.0316. The molecule has 0 spiro atoms. The first-order chi connectivity index (χ1) is 33.2. The Bertz CT molecular complexity index is 3060. The second-order valence-corrected chi connectivity index (χ2v) is 21.6. The Kier molecular flexibility index (Phi) is 17.0. The maximum Gasteiger partial charge on any atom is 0.241 e. The minimum Gasteiger partial charge on any atom is -0.456 e. The van der Waals surface area contributed by atoms with E-state index in [4.69, 9.17) is 4.42 Å². The number of unbranched alkanes of at least 4 members (excludes halogenated alkanes) is 1. The van der Waals surface area contributed by atoms with Crippen molar-refractivity contribution >= 4 is 61.6 Å². The van der Waals surface area contributed by atoms with Crippen molar-refractivity contribution in [3.63, 3.8) is 0 Å². The molecule has 1 aliphatic heterocycles. The molecule has 0 aromatic heterocycles. The highest BCUT2D eigenvalue weighted by Crippen LogP contribution is 2.44. The molecule has 9 heteroatoms. The monoisotopic (exact) mass is 958 g/mol. The zero-order chi connectivity index (χ0) is 47.3. The largest absolute Gasteiger partial charge is 0.456 e. The summed E-state index contributed by atoms with van der Waals surface area (Å²) in [6.07, 6.45) is 6.00. The zero-order valence-electron chi connectivity index (χ0n) is 39.9. The van der Waals surface area contributed by atoms with Crippen molar-refractivity contribution in [1.82, 2.24) is 9.30 Å². The van der Waals surface area contributed by atoms with Crippen LogP contribution in [-0.4, -0.2) is 39.6 Å². The van der Waals surface area contributed by atoms with Crippen LogP contribution in [0.3, 0.4) is 0 Å². The van der Waals surface area contributed by atoms with Gasteiger partial charge in [0.1, 0.15) is 17.9 Å². The molecule has 6 nitrogen and oxygen atoms in total. The predicted octanol–water partition coefficient (Wildman–Crippen LogP) is 14.9. The van der Waals surface area contributed by atoms with Gasteiger partial charge in [-0.1, -0.05) is 124 Å². The molecular weight excluding hydrogens is 895 g/mol. The minimum absolute atomic E-state index is 0.266. The van der Waals surface area contributed by atoms with Crippen LogP contribution in [0.1, 0.15) is 63.5 Å². The van der Waals surface area contributed by atoms with Gasteiger partial charge in [-0.3, -0.25) is 0 Å². The molecule has 2 aliphatic rings. The summed E-state index contributed by atoms with van der Waals surface area (Å²) in [5.74, 6) is 2.90. The second-order valence-electron chi connectivity index (χ2n) is 17.5. The normalized spacial score (nSPS) is 12.6. The van der Waals surface area contributed by atoms with Gasteiger partial charge >= 0.3 is 0 Å². The van der Waals surface area contributed by atoms with Gasteiger partial charge in [-0.25, -0.2) is 13.1 Å². The maximum absolute atomic E-state index is 14.5. The summed E-state index contributed by atoms with van der Waals surface area (Å²) < 4.78 is 41.6. The van der Waals surface area contributed by atoms with Crippen molar-refractivity contribution in [2.24, 2.45) is 5.92 Å². The Morgan fingerprint density at radius 1 is 0.662 bits per heavy atom. The molecule has 1 aliphatic carbocycles. The van der Waals surface area contributed by atoms with E-state index in [1.165, 1.54) is 20.9 Å². The zero-order valence-corrected chi connectivity index (χ0v) is 42.3. The van der Waals surface area contributed by atoms with Crippen molar-refractivity contribution < 1.29 is 12.8 Å². The number of nitrogens with one attached hydrogen (secondary N) is 1. The minimum atomic E-state index is -3.90. The SMILES string of the molecule is CCCCC(CC)CNS(=O)(=O)c1ccccc1-c1c2ccc(=[N+](CCCSc3ccccc3)c3ccccc3C)cc-2oc2cc(N(CCCSc3ccccc3)c3ccccc3C)ccc12. The number of hydrogen-bond acceptors (Lipinski definition) is 6. The Morgan fingerprint density at radius 3 is 2.03 bits per heavy atom. The van der Waals surface area contributed by atoms with Gasteiger partial charge in [-0.15, -0.1) is 23.5 Å². The van der Waals surface area contributed by atoms with Crippen LogP contribution in [0.15, 0.2) is 189 Å². The number of aryl methyl sites for hydroxylation is 2. The lowest BCUT2D eigenvalue weighted by Gasteiger charge is -2.27. The first-order valence-corrected chi connectivity index (χ1v) is 27.6. The molecule has 68 heavy (non-hydrogen) atoms. The van der Waals surface area contributed by atoms with Crippen LogP contribution in [-0.2, 0) is 10.0 Å². The third kappa shape index (κ3) is 12.0. The first kappa shape index (κ1) is 48.9. The molecule has 0 bridgehead atoms. The topological polar surface area (TPSA) is 65.6 Å². The molecule has 0 radical (unpaired) electrons. The predicted molar refractivity (Wildman–Crippen MR) is 289 cm³/mol.